The molecule has 40 heavy (non-hydrogen) atoms. The highest BCUT2D eigenvalue weighted by molar-refractivity contribution is 6.32. The Kier molecular flexibility index (Phi) is 9.99. The summed E-state index contributed by atoms with van der Waals surface area (Å²) in [4.78, 5) is 24.7. The van der Waals surface area contributed by atoms with Gasteiger partial charge in [0.2, 0.25) is 0 Å². The summed E-state index contributed by atoms with van der Waals surface area (Å²) in [5.74, 6) is 0.859. The second-order valence-electron chi connectivity index (χ2n) is 8.33. The summed E-state index contributed by atoms with van der Waals surface area (Å²) in [6.45, 7) is 0.0237. The highest BCUT2D eigenvalue weighted by Gasteiger charge is 2.09. The van der Waals surface area contributed by atoms with Gasteiger partial charge < -0.3 is 19.5 Å². The monoisotopic (exact) mass is 577 g/mol. The van der Waals surface area contributed by atoms with Gasteiger partial charge in [-0.15, -0.1) is 0 Å². The minimum atomic E-state index is -0.410. The molecule has 0 atom stereocenters. The van der Waals surface area contributed by atoms with Crippen LogP contribution in [0.1, 0.15) is 21.5 Å². The molecule has 0 spiro atoms. The van der Waals surface area contributed by atoms with Gasteiger partial charge in [-0.25, -0.2) is 5.43 Å². The first-order valence-electron chi connectivity index (χ1n) is 12.1. The number of benzene rings is 4. The molecule has 0 aromatic heterocycles. The number of halogens is 2. The van der Waals surface area contributed by atoms with Gasteiger partial charge in [0.05, 0.1) is 23.4 Å². The minimum Gasteiger partial charge on any atom is -0.496 e. The molecule has 0 unspecified atom stereocenters. The molecule has 0 radical (unpaired) electrons. The topological polar surface area (TPSA) is 98.2 Å². The molecule has 8 nitrogen and oxygen atoms in total. The molecule has 2 amide bonds. The van der Waals surface area contributed by atoms with Gasteiger partial charge in [0, 0.05) is 16.8 Å². The Hall–Kier alpha value is -4.53. The van der Waals surface area contributed by atoms with E-state index >= 15 is 0 Å². The van der Waals surface area contributed by atoms with Crippen molar-refractivity contribution in [2.45, 2.75) is 6.61 Å². The predicted octanol–water partition coefficient (Wildman–Crippen LogP) is 6.36. The maximum Gasteiger partial charge on any atom is 0.271 e. The summed E-state index contributed by atoms with van der Waals surface area (Å²) < 4.78 is 16.7. The SMILES string of the molecule is COc1ccc(/C=N\NC(=O)c2ccc(NC(=O)COc3ccccc3Cl)cc2)cc1COc1ccccc1Cl. The Labute approximate surface area is 241 Å². The normalized spacial score (nSPS) is 10.7. The van der Waals surface area contributed by atoms with Crippen LogP contribution < -0.4 is 25.0 Å². The van der Waals surface area contributed by atoms with E-state index in [1.807, 2.05) is 18.2 Å². The number of anilines is 1. The third kappa shape index (κ3) is 7.99. The Bertz CT molecular complexity index is 1510. The lowest BCUT2D eigenvalue weighted by Gasteiger charge is -2.12. The predicted molar refractivity (Wildman–Crippen MR) is 156 cm³/mol. The number of methoxy groups -OCH3 is 1. The molecule has 2 N–H and O–H groups in total. The van der Waals surface area contributed by atoms with Crippen molar-refractivity contribution < 1.29 is 23.8 Å². The van der Waals surface area contributed by atoms with Crippen LogP contribution in [0.3, 0.4) is 0 Å². The number of ether oxygens (including phenoxy) is 3. The molecule has 0 saturated heterocycles. The second-order valence-corrected chi connectivity index (χ2v) is 9.15. The molecule has 4 aromatic carbocycles. The first kappa shape index (κ1) is 28.5. The Morgan fingerprint density at radius 3 is 2.12 bits per heavy atom. The van der Waals surface area contributed by atoms with E-state index in [4.69, 9.17) is 37.4 Å². The molecule has 0 aliphatic rings. The Morgan fingerprint density at radius 1 is 0.825 bits per heavy atom. The zero-order valence-electron chi connectivity index (χ0n) is 21.4. The minimum absolute atomic E-state index is 0.208. The highest BCUT2D eigenvalue weighted by atomic mass is 35.5. The molecule has 0 fully saturated rings. The number of carbonyl (C=O) groups excluding carboxylic acids is 2. The van der Waals surface area contributed by atoms with Crippen LogP contribution in [-0.2, 0) is 11.4 Å². The summed E-state index contributed by atoms with van der Waals surface area (Å²) in [6.07, 6.45) is 1.52. The second kappa shape index (κ2) is 14.0. The van der Waals surface area contributed by atoms with Crippen LogP contribution in [0.4, 0.5) is 5.69 Å². The lowest BCUT2D eigenvalue weighted by molar-refractivity contribution is -0.118. The van der Waals surface area contributed by atoms with Crippen LogP contribution in [0, 0.1) is 0 Å². The molecule has 0 bridgehead atoms. The molecule has 0 aliphatic carbocycles. The van der Waals surface area contributed by atoms with E-state index in [9.17, 15) is 9.59 Å². The third-order valence-corrected chi connectivity index (χ3v) is 6.15. The maximum absolute atomic E-state index is 12.5. The lowest BCUT2D eigenvalue weighted by Crippen LogP contribution is -2.20. The highest BCUT2D eigenvalue weighted by Crippen LogP contribution is 2.27. The van der Waals surface area contributed by atoms with Gasteiger partial charge in [-0.05, 0) is 72.3 Å². The number of para-hydroxylation sites is 2. The third-order valence-electron chi connectivity index (χ3n) is 5.53. The largest absolute Gasteiger partial charge is 0.496 e. The van der Waals surface area contributed by atoms with Crippen LogP contribution in [-0.4, -0.2) is 31.7 Å². The van der Waals surface area contributed by atoms with Crippen LogP contribution in [0.2, 0.25) is 10.0 Å². The molecule has 204 valence electrons. The summed E-state index contributed by atoms with van der Waals surface area (Å²) in [7, 11) is 1.58. The van der Waals surface area contributed by atoms with Gasteiger partial charge in [0.25, 0.3) is 11.8 Å². The molecule has 4 aromatic rings. The first-order chi connectivity index (χ1) is 19.4. The zero-order chi connectivity index (χ0) is 28.3. The van der Waals surface area contributed by atoms with Gasteiger partial charge in [-0.2, -0.15) is 5.10 Å². The summed E-state index contributed by atoms with van der Waals surface area (Å²) in [6, 6.07) is 25.9. The standard InChI is InChI=1S/C30H25Cl2N3O5/c1-38-26-15-10-20(16-22(26)18-39-27-8-4-2-6-24(27)31)17-33-35-30(37)21-11-13-23(14-12-21)34-29(36)19-40-28-9-5-3-7-25(28)32/h2-17H,18-19H2,1H3,(H,34,36)(H,35,37)/b33-17-. The van der Waals surface area contributed by atoms with Gasteiger partial charge in [0.1, 0.15) is 23.9 Å². The molecule has 10 heteroatoms. The molecule has 0 saturated carbocycles. The lowest BCUT2D eigenvalue weighted by atomic mass is 10.1. The molecule has 0 heterocycles. The molecular formula is C30H25Cl2N3O5. The average molecular weight is 578 g/mol. The Morgan fingerprint density at radius 2 is 1.48 bits per heavy atom. The number of hydrogen-bond donors (Lipinski definition) is 2. The van der Waals surface area contributed by atoms with Crippen molar-refractivity contribution in [3.8, 4) is 17.2 Å². The van der Waals surface area contributed by atoms with Crippen molar-refractivity contribution in [1.29, 1.82) is 0 Å². The van der Waals surface area contributed by atoms with E-state index < -0.39 is 5.91 Å². The fourth-order valence-corrected chi connectivity index (χ4v) is 3.93. The van der Waals surface area contributed by atoms with E-state index in [2.05, 4.69) is 15.8 Å². The van der Waals surface area contributed by atoms with Crippen molar-refractivity contribution in [2.24, 2.45) is 5.10 Å². The number of hydrogen-bond acceptors (Lipinski definition) is 6. The number of rotatable bonds is 11. The smallest absolute Gasteiger partial charge is 0.271 e. The first-order valence-corrected chi connectivity index (χ1v) is 12.8. The Balaban J connectivity index is 1.29. The van der Waals surface area contributed by atoms with E-state index in [1.165, 1.54) is 6.21 Å². The van der Waals surface area contributed by atoms with Gasteiger partial charge in [0.15, 0.2) is 6.61 Å². The van der Waals surface area contributed by atoms with Crippen molar-refractivity contribution in [3.63, 3.8) is 0 Å². The van der Waals surface area contributed by atoms with E-state index in [0.717, 1.165) is 11.1 Å². The molecule has 0 aliphatic heterocycles. The van der Waals surface area contributed by atoms with Crippen molar-refractivity contribution in [2.75, 3.05) is 19.0 Å². The maximum atomic E-state index is 12.5. The van der Waals surface area contributed by atoms with Gasteiger partial charge in [-0.3, -0.25) is 9.59 Å². The fraction of sp³-hybridized carbons (Fsp3) is 0.100. The number of amides is 2. The van der Waals surface area contributed by atoms with Crippen LogP contribution in [0.15, 0.2) is 96.1 Å². The summed E-state index contributed by atoms with van der Waals surface area (Å²) in [5.41, 5.74) is 4.89. The number of nitrogens with one attached hydrogen (secondary N) is 2. The van der Waals surface area contributed by atoms with E-state index in [1.54, 1.807) is 79.9 Å². The van der Waals surface area contributed by atoms with E-state index in [0.29, 0.717) is 38.5 Å². The summed E-state index contributed by atoms with van der Waals surface area (Å²) in [5, 5.41) is 7.69. The molecular weight excluding hydrogens is 553 g/mol. The average Bonchev–Trinajstić information content (AvgIpc) is 2.97. The van der Waals surface area contributed by atoms with Crippen molar-refractivity contribution >= 4 is 46.9 Å². The van der Waals surface area contributed by atoms with Crippen LogP contribution >= 0.6 is 23.2 Å². The van der Waals surface area contributed by atoms with Crippen LogP contribution in [0.5, 0.6) is 17.2 Å². The number of hydrazone groups is 1. The van der Waals surface area contributed by atoms with Gasteiger partial charge in [-0.1, -0.05) is 47.5 Å². The zero-order valence-corrected chi connectivity index (χ0v) is 22.9. The van der Waals surface area contributed by atoms with Crippen molar-refractivity contribution in [3.05, 3.63) is 118 Å². The number of carbonyl (C=O) groups is 2. The van der Waals surface area contributed by atoms with E-state index in [-0.39, 0.29) is 19.1 Å². The van der Waals surface area contributed by atoms with Crippen molar-refractivity contribution in [1.82, 2.24) is 5.43 Å². The fourth-order valence-electron chi connectivity index (χ4n) is 3.55. The molecule has 4 rings (SSSR count). The van der Waals surface area contributed by atoms with Crippen LogP contribution in [0.25, 0.3) is 0 Å². The number of nitrogens with zero attached hydrogens (tertiary/aromatic N) is 1. The quantitative estimate of drug-likeness (QED) is 0.159. The van der Waals surface area contributed by atoms with Gasteiger partial charge >= 0.3 is 0 Å². The summed E-state index contributed by atoms with van der Waals surface area (Å²) >= 11 is 12.2.